The molecule has 0 spiro atoms. The van der Waals surface area contributed by atoms with Crippen LogP contribution in [0.25, 0.3) is 5.52 Å². The second-order valence-electron chi connectivity index (χ2n) is 6.71. The van der Waals surface area contributed by atoms with Crippen LogP contribution < -0.4 is 0 Å². The Hall–Kier alpha value is -2.27. The van der Waals surface area contributed by atoms with E-state index in [4.69, 9.17) is 0 Å². The second-order valence-corrected chi connectivity index (χ2v) is 6.71. The lowest BCUT2D eigenvalue weighted by Crippen LogP contribution is -2.31. The minimum absolute atomic E-state index is 0.0468. The van der Waals surface area contributed by atoms with E-state index in [0.717, 1.165) is 29.9 Å². The van der Waals surface area contributed by atoms with Crippen LogP contribution in [0, 0.1) is 12.0 Å². The van der Waals surface area contributed by atoms with Gasteiger partial charge in [-0.25, -0.2) is 13.9 Å². The van der Waals surface area contributed by atoms with Crippen molar-refractivity contribution >= 4 is 5.52 Å². The lowest BCUT2D eigenvalue weighted by atomic mass is 9.94. The van der Waals surface area contributed by atoms with E-state index in [1.54, 1.807) is 4.52 Å². The number of halogens is 1. The Morgan fingerprint density at radius 2 is 1.88 bits per heavy atom. The van der Waals surface area contributed by atoms with E-state index in [1.165, 1.54) is 44.5 Å². The Morgan fingerprint density at radius 1 is 1.08 bits per heavy atom. The highest BCUT2D eigenvalue weighted by atomic mass is 19.1. The first kappa shape index (κ1) is 16.2. The molecular formula is C20H22FN4. The number of piperidine rings is 1. The summed E-state index contributed by atoms with van der Waals surface area (Å²) in [5.74, 6) is 0.574. The predicted octanol–water partition coefficient (Wildman–Crippen LogP) is 3.68. The summed E-state index contributed by atoms with van der Waals surface area (Å²) in [6, 6.07) is 10.6. The smallest absolute Gasteiger partial charge is 0.157 e. The zero-order chi connectivity index (χ0) is 17.1. The Morgan fingerprint density at radius 3 is 2.68 bits per heavy atom. The van der Waals surface area contributed by atoms with Crippen molar-refractivity contribution < 1.29 is 4.39 Å². The van der Waals surface area contributed by atoms with Gasteiger partial charge in [0.05, 0.1) is 5.52 Å². The van der Waals surface area contributed by atoms with Crippen molar-refractivity contribution in [2.45, 2.75) is 31.6 Å². The van der Waals surface area contributed by atoms with E-state index >= 15 is 0 Å². The monoisotopic (exact) mass is 337 g/mol. The molecule has 1 aliphatic heterocycles. The van der Waals surface area contributed by atoms with Crippen LogP contribution >= 0.6 is 0 Å². The van der Waals surface area contributed by atoms with Crippen LogP contribution in [0.15, 0.2) is 42.6 Å². The Kier molecular flexibility index (Phi) is 4.74. The molecule has 0 saturated carbocycles. The van der Waals surface area contributed by atoms with Gasteiger partial charge in [-0.3, -0.25) is 0 Å². The highest BCUT2D eigenvalue weighted by molar-refractivity contribution is 5.42. The third-order valence-electron chi connectivity index (χ3n) is 4.99. The lowest BCUT2D eigenvalue weighted by Gasteiger charge is -2.28. The van der Waals surface area contributed by atoms with Gasteiger partial charge < -0.3 is 4.90 Å². The first-order valence-corrected chi connectivity index (χ1v) is 9.00. The van der Waals surface area contributed by atoms with Gasteiger partial charge in [0.25, 0.3) is 0 Å². The number of aromatic nitrogens is 3. The summed E-state index contributed by atoms with van der Waals surface area (Å²) in [5, 5.41) is 4.66. The summed E-state index contributed by atoms with van der Waals surface area (Å²) in [5.41, 5.74) is 1.91. The summed E-state index contributed by atoms with van der Waals surface area (Å²) >= 11 is 0. The van der Waals surface area contributed by atoms with E-state index in [0.29, 0.717) is 0 Å². The summed E-state index contributed by atoms with van der Waals surface area (Å²) in [4.78, 5) is 6.98. The van der Waals surface area contributed by atoms with Crippen LogP contribution in [0.1, 0.15) is 43.0 Å². The molecule has 4 rings (SSSR count). The fourth-order valence-corrected chi connectivity index (χ4v) is 3.58. The number of rotatable bonds is 5. The van der Waals surface area contributed by atoms with Crippen molar-refractivity contribution in [1.29, 1.82) is 0 Å². The Labute approximate surface area is 147 Å². The van der Waals surface area contributed by atoms with Crippen molar-refractivity contribution in [2.75, 3.05) is 19.6 Å². The van der Waals surface area contributed by atoms with Crippen molar-refractivity contribution in [3.63, 3.8) is 0 Å². The van der Waals surface area contributed by atoms with E-state index in [2.05, 4.69) is 21.2 Å². The minimum atomic E-state index is -0.216. The number of benzene rings is 1. The SMILES string of the molecule is Fc1ccc(C(CCN2CCCCC2)c2n[c]c3cccn3n2)cc1. The van der Waals surface area contributed by atoms with Gasteiger partial charge in [0.1, 0.15) is 12.0 Å². The molecule has 0 bridgehead atoms. The van der Waals surface area contributed by atoms with Crippen molar-refractivity contribution in [2.24, 2.45) is 0 Å². The standard InChI is InChI=1S/C20H22FN4/c21-17-8-6-16(7-9-17)19(10-14-24-11-2-1-3-12-24)20-22-15-18-5-4-13-25(18)23-20/h4-9,13,19H,1-3,10-12,14H2. The van der Waals surface area contributed by atoms with Gasteiger partial charge in [-0.05, 0) is 68.7 Å². The fraction of sp³-hybridized carbons (Fsp3) is 0.400. The molecule has 0 N–H and O–H groups in total. The number of hydrogen-bond donors (Lipinski definition) is 0. The van der Waals surface area contributed by atoms with Crippen molar-refractivity contribution in [1.82, 2.24) is 19.5 Å². The van der Waals surface area contributed by atoms with E-state index < -0.39 is 0 Å². The van der Waals surface area contributed by atoms with Gasteiger partial charge in [-0.2, -0.15) is 5.10 Å². The molecule has 3 heterocycles. The van der Waals surface area contributed by atoms with Crippen molar-refractivity contribution in [3.05, 3.63) is 66.0 Å². The molecule has 129 valence electrons. The largest absolute Gasteiger partial charge is 0.303 e. The quantitative estimate of drug-likeness (QED) is 0.712. The zero-order valence-corrected chi connectivity index (χ0v) is 14.2. The molecule has 4 nitrogen and oxygen atoms in total. The molecular weight excluding hydrogens is 315 g/mol. The van der Waals surface area contributed by atoms with Crippen LogP contribution in [-0.4, -0.2) is 39.1 Å². The normalized spacial score (nSPS) is 17.0. The number of fused-ring (bicyclic) bond motifs is 1. The zero-order valence-electron chi connectivity index (χ0n) is 14.2. The second kappa shape index (κ2) is 7.31. The van der Waals surface area contributed by atoms with E-state index in [1.807, 2.05) is 30.5 Å². The molecule has 2 aromatic heterocycles. The Bertz CT molecular complexity index is 821. The molecule has 1 radical (unpaired) electrons. The molecule has 1 fully saturated rings. The first-order valence-electron chi connectivity index (χ1n) is 9.00. The molecule has 0 aliphatic carbocycles. The van der Waals surface area contributed by atoms with Crippen molar-refractivity contribution in [3.8, 4) is 0 Å². The van der Waals surface area contributed by atoms with Gasteiger partial charge in [0.15, 0.2) is 5.82 Å². The summed E-state index contributed by atoms with van der Waals surface area (Å²) in [7, 11) is 0. The van der Waals surface area contributed by atoms with Gasteiger partial charge in [-0.15, -0.1) is 0 Å². The molecule has 0 amide bonds. The highest BCUT2D eigenvalue weighted by Gasteiger charge is 2.20. The summed E-state index contributed by atoms with van der Waals surface area (Å²) in [6.07, 6.45) is 9.78. The fourth-order valence-electron chi connectivity index (χ4n) is 3.58. The molecule has 1 aliphatic rings. The predicted molar refractivity (Wildman–Crippen MR) is 95.0 cm³/mol. The summed E-state index contributed by atoms with van der Waals surface area (Å²) in [6.45, 7) is 3.34. The highest BCUT2D eigenvalue weighted by Crippen LogP contribution is 2.26. The topological polar surface area (TPSA) is 33.4 Å². The first-order chi connectivity index (χ1) is 12.3. The average Bonchev–Trinajstić information content (AvgIpc) is 3.12. The van der Waals surface area contributed by atoms with Crippen LogP contribution in [0.3, 0.4) is 0 Å². The Balaban J connectivity index is 1.60. The summed E-state index contributed by atoms with van der Waals surface area (Å²) < 4.78 is 15.2. The molecule has 3 aromatic rings. The molecule has 1 atom stereocenters. The van der Waals surface area contributed by atoms with Gasteiger partial charge in [0.2, 0.25) is 0 Å². The maximum atomic E-state index is 13.3. The maximum Gasteiger partial charge on any atom is 0.157 e. The van der Waals surface area contributed by atoms with E-state index in [9.17, 15) is 4.39 Å². The van der Waals surface area contributed by atoms with Crippen LogP contribution in [-0.2, 0) is 0 Å². The third-order valence-corrected chi connectivity index (χ3v) is 4.99. The van der Waals surface area contributed by atoms with Crippen LogP contribution in [0.2, 0.25) is 0 Å². The molecule has 1 aromatic carbocycles. The molecule has 1 saturated heterocycles. The number of likely N-dealkylation sites (tertiary alicyclic amines) is 1. The molecule has 25 heavy (non-hydrogen) atoms. The number of hydrogen-bond acceptors (Lipinski definition) is 3. The van der Waals surface area contributed by atoms with Gasteiger partial charge in [-0.1, -0.05) is 18.6 Å². The van der Waals surface area contributed by atoms with E-state index in [-0.39, 0.29) is 11.7 Å². The molecule has 5 heteroatoms. The lowest BCUT2D eigenvalue weighted by molar-refractivity contribution is 0.222. The minimum Gasteiger partial charge on any atom is -0.303 e. The third kappa shape index (κ3) is 3.71. The number of nitrogens with zero attached hydrogens (tertiary/aromatic N) is 4. The van der Waals surface area contributed by atoms with Crippen LogP contribution in [0.5, 0.6) is 0 Å². The maximum absolute atomic E-state index is 13.3. The molecule has 1 unspecified atom stereocenters. The van der Waals surface area contributed by atoms with Gasteiger partial charge >= 0.3 is 0 Å². The van der Waals surface area contributed by atoms with Crippen LogP contribution in [0.4, 0.5) is 4.39 Å². The average molecular weight is 337 g/mol. The van der Waals surface area contributed by atoms with Gasteiger partial charge in [0, 0.05) is 12.1 Å².